The van der Waals surface area contributed by atoms with Crippen LogP contribution in [0.4, 0.5) is 5.69 Å². The Morgan fingerprint density at radius 1 is 0.875 bits per heavy atom. The van der Waals surface area contributed by atoms with E-state index in [0.29, 0.717) is 0 Å². The summed E-state index contributed by atoms with van der Waals surface area (Å²) in [5.74, 6) is 0.855. The van der Waals surface area contributed by atoms with Crippen LogP contribution in [0.5, 0.6) is 5.75 Å². The van der Waals surface area contributed by atoms with E-state index in [9.17, 15) is 0 Å². The Labute approximate surface area is 96.0 Å². The summed E-state index contributed by atoms with van der Waals surface area (Å²) in [6.45, 7) is 2.87. The topological polar surface area (TPSA) is 12.5 Å². The molecule has 0 N–H and O–H groups in total. The van der Waals surface area contributed by atoms with Crippen LogP contribution in [0.2, 0.25) is 0 Å². The lowest BCUT2D eigenvalue weighted by molar-refractivity contribution is 0.284. The van der Waals surface area contributed by atoms with Gasteiger partial charge >= 0.3 is 0 Å². The minimum absolute atomic E-state index is 0.804. The number of hydroxylamine groups is 1. The van der Waals surface area contributed by atoms with Crippen molar-refractivity contribution in [3.8, 4) is 5.75 Å². The van der Waals surface area contributed by atoms with Crippen molar-refractivity contribution in [2.75, 3.05) is 11.6 Å². The Balaban J connectivity index is 2.13. The highest BCUT2D eigenvalue weighted by molar-refractivity contribution is 5.44. The van der Waals surface area contributed by atoms with Crippen molar-refractivity contribution in [2.24, 2.45) is 0 Å². The van der Waals surface area contributed by atoms with Gasteiger partial charge in [-0.15, -0.1) is 0 Å². The summed E-state index contributed by atoms with van der Waals surface area (Å²) in [4.78, 5) is 5.78. The summed E-state index contributed by atoms with van der Waals surface area (Å²) in [6, 6.07) is 19.9. The molecule has 82 valence electrons. The molecule has 0 spiro atoms. The lowest BCUT2D eigenvalue weighted by atomic mass is 10.3. The maximum Gasteiger partial charge on any atom is 0.155 e. The molecule has 2 heteroatoms. The smallest absolute Gasteiger partial charge is 0.155 e. The standard InChI is InChI=1S/C14H15NO/c1-2-15(13-9-5-3-6-10-13)16-14-11-7-4-8-12-14/h3-12H,2H2,1H3. The summed E-state index contributed by atoms with van der Waals surface area (Å²) >= 11 is 0. The highest BCUT2D eigenvalue weighted by Crippen LogP contribution is 2.17. The van der Waals surface area contributed by atoms with Crippen molar-refractivity contribution >= 4 is 5.69 Å². The molecule has 0 bridgehead atoms. The predicted octanol–water partition coefficient (Wildman–Crippen LogP) is 3.51. The number of hydrogen-bond donors (Lipinski definition) is 0. The van der Waals surface area contributed by atoms with Crippen molar-refractivity contribution in [3.05, 3.63) is 60.7 Å². The molecule has 0 aliphatic rings. The molecule has 0 unspecified atom stereocenters. The number of benzene rings is 2. The molecule has 2 aromatic carbocycles. The van der Waals surface area contributed by atoms with Crippen molar-refractivity contribution in [3.63, 3.8) is 0 Å². The normalized spacial score (nSPS) is 9.81. The highest BCUT2D eigenvalue weighted by atomic mass is 16.7. The summed E-state index contributed by atoms with van der Waals surface area (Å²) < 4.78 is 0. The second-order valence-corrected chi connectivity index (χ2v) is 3.43. The Hall–Kier alpha value is -1.96. The summed E-state index contributed by atoms with van der Waals surface area (Å²) in [6.07, 6.45) is 0. The monoisotopic (exact) mass is 213 g/mol. The number of nitrogens with zero attached hydrogens (tertiary/aromatic N) is 1. The van der Waals surface area contributed by atoms with Gasteiger partial charge in [-0.2, -0.15) is 0 Å². The number of para-hydroxylation sites is 2. The molecular weight excluding hydrogens is 198 g/mol. The Kier molecular flexibility index (Phi) is 3.44. The Morgan fingerprint density at radius 3 is 2.00 bits per heavy atom. The lowest BCUT2D eigenvalue weighted by Crippen LogP contribution is -2.26. The van der Waals surface area contributed by atoms with Crippen LogP contribution in [0, 0.1) is 0 Å². The van der Waals surface area contributed by atoms with Gasteiger partial charge < -0.3 is 4.84 Å². The molecule has 2 aromatic rings. The molecule has 0 heterocycles. The van der Waals surface area contributed by atoms with Crippen LogP contribution < -0.4 is 9.90 Å². The zero-order valence-electron chi connectivity index (χ0n) is 9.34. The fourth-order valence-corrected chi connectivity index (χ4v) is 1.50. The fourth-order valence-electron chi connectivity index (χ4n) is 1.50. The van der Waals surface area contributed by atoms with E-state index in [0.717, 1.165) is 18.0 Å². The molecule has 2 rings (SSSR count). The molecule has 0 fully saturated rings. The van der Waals surface area contributed by atoms with Crippen LogP contribution in [-0.4, -0.2) is 6.54 Å². The van der Waals surface area contributed by atoms with E-state index < -0.39 is 0 Å². The molecule has 2 nitrogen and oxygen atoms in total. The average molecular weight is 213 g/mol. The van der Waals surface area contributed by atoms with Crippen LogP contribution in [0.25, 0.3) is 0 Å². The van der Waals surface area contributed by atoms with Crippen LogP contribution in [-0.2, 0) is 0 Å². The second kappa shape index (κ2) is 5.21. The van der Waals surface area contributed by atoms with Gasteiger partial charge in [0, 0.05) is 0 Å². The first-order chi connectivity index (χ1) is 7.90. The van der Waals surface area contributed by atoms with Gasteiger partial charge in [-0.3, -0.25) is 0 Å². The fraction of sp³-hybridized carbons (Fsp3) is 0.143. The van der Waals surface area contributed by atoms with Gasteiger partial charge in [-0.05, 0) is 31.2 Å². The third kappa shape index (κ3) is 2.54. The molecule has 0 atom stereocenters. The van der Waals surface area contributed by atoms with Gasteiger partial charge in [-0.1, -0.05) is 36.4 Å². The van der Waals surface area contributed by atoms with Crippen LogP contribution in [0.3, 0.4) is 0 Å². The van der Waals surface area contributed by atoms with Gasteiger partial charge in [0.1, 0.15) is 0 Å². The molecule has 0 aliphatic carbocycles. The van der Waals surface area contributed by atoms with Gasteiger partial charge in [0.25, 0.3) is 0 Å². The Morgan fingerprint density at radius 2 is 1.44 bits per heavy atom. The van der Waals surface area contributed by atoms with Gasteiger partial charge in [0.15, 0.2) is 5.75 Å². The molecule has 0 aliphatic heterocycles. The van der Waals surface area contributed by atoms with E-state index in [-0.39, 0.29) is 0 Å². The summed E-state index contributed by atoms with van der Waals surface area (Å²) in [7, 11) is 0. The summed E-state index contributed by atoms with van der Waals surface area (Å²) in [5, 5.41) is 1.87. The molecule has 0 saturated carbocycles. The van der Waals surface area contributed by atoms with Crippen molar-refractivity contribution in [1.82, 2.24) is 0 Å². The van der Waals surface area contributed by atoms with Crippen molar-refractivity contribution in [1.29, 1.82) is 0 Å². The third-order valence-corrected chi connectivity index (χ3v) is 2.29. The zero-order valence-corrected chi connectivity index (χ0v) is 9.34. The van der Waals surface area contributed by atoms with E-state index in [4.69, 9.17) is 4.84 Å². The maximum atomic E-state index is 5.78. The summed E-state index contributed by atoms with van der Waals surface area (Å²) in [5.41, 5.74) is 1.06. The zero-order chi connectivity index (χ0) is 11.2. The van der Waals surface area contributed by atoms with E-state index in [1.165, 1.54) is 0 Å². The van der Waals surface area contributed by atoms with Gasteiger partial charge in [-0.25, -0.2) is 5.06 Å². The largest absolute Gasteiger partial charge is 0.380 e. The quantitative estimate of drug-likeness (QED) is 0.721. The molecule has 0 radical (unpaired) electrons. The first-order valence-electron chi connectivity index (χ1n) is 5.46. The van der Waals surface area contributed by atoms with E-state index in [1.807, 2.05) is 65.7 Å². The lowest BCUT2D eigenvalue weighted by Gasteiger charge is -2.22. The number of anilines is 1. The first-order valence-corrected chi connectivity index (χ1v) is 5.46. The van der Waals surface area contributed by atoms with Crippen LogP contribution in [0.15, 0.2) is 60.7 Å². The molecule has 0 amide bonds. The van der Waals surface area contributed by atoms with E-state index in [2.05, 4.69) is 6.92 Å². The predicted molar refractivity (Wildman–Crippen MR) is 66.5 cm³/mol. The minimum Gasteiger partial charge on any atom is -0.380 e. The van der Waals surface area contributed by atoms with Gasteiger partial charge in [0.05, 0.1) is 12.2 Å². The Bertz CT molecular complexity index is 413. The molecule has 0 saturated heterocycles. The first kappa shape index (κ1) is 10.6. The van der Waals surface area contributed by atoms with Gasteiger partial charge in [0.2, 0.25) is 0 Å². The SMILES string of the molecule is CCN(Oc1ccccc1)c1ccccc1. The van der Waals surface area contributed by atoms with Crippen molar-refractivity contribution < 1.29 is 4.84 Å². The highest BCUT2D eigenvalue weighted by Gasteiger charge is 2.04. The molecular formula is C14H15NO. The van der Waals surface area contributed by atoms with Crippen molar-refractivity contribution in [2.45, 2.75) is 6.92 Å². The van der Waals surface area contributed by atoms with E-state index in [1.54, 1.807) is 0 Å². The maximum absolute atomic E-state index is 5.78. The van der Waals surface area contributed by atoms with Crippen LogP contribution >= 0.6 is 0 Å². The second-order valence-electron chi connectivity index (χ2n) is 3.43. The third-order valence-electron chi connectivity index (χ3n) is 2.29. The number of hydrogen-bond acceptors (Lipinski definition) is 2. The minimum atomic E-state index is 0.804. The molecule has 16 heavy (non-hydrogen) atoms. The van der Waals surface area contributed by atoms with E-state index >= 15 is 0 Å². The molecule has 0 aromatic heterocycles. The average Bonchev–Trinajstić information content (AvgIpc) is 2.38. The number of rotatable bonds is 4. The van der Waals surface area contributed by atoms with Crippen LogP contribution in [0.1, 0.15) is 6.92 Å².